The van der Waals surface area contributed by atoms with Crippen LogP contribution in [0.1, 0.15) is 16.7 Å². The smallest absolute Gasteiger partial charge is 0.242 e. The van der Waals surface area contributed by atoms with Crippen LogP contribution in [0.4, 0.5) is 0 Å². The highest BCUT2D eigenvalue weighted by Crippen LogP contribution is 2.19. The largest absolute Gasteiger partial charge is 0.357 e. The molecule has 0 aliphatic heterocycles. The van der Waals surface area contributed by atoms with E-state index in [4.69, 9.17) is 11.6 Å². The highest BCUT2D eigenvalue weighted by molar-refractivity contribution is 9.10. The predicted octanol–water partition coefficient (Wildman–Crippen LogP) is 5.03. The number of carbonyl (C=O) groups is 2. The lowest BCUT2D eigenvalue weighted by Gasteiger charge is -2.31. The van der Waals surface area contributed by atoms with Crippen molar-refractivity contribution in [3.63, 3.8) is 0 Å². The van der Waals surface area contributed by atoms with Crippen LogP contribution < -0.4 is 5.32 Å². The average Bonchev–Trinajstić information content (AvgIpc) is 2.78. The molecule has 0 saturated carbocycles. The Labute approximate surface area is 196 Å². The van der Waals surface area contributed by atoms with Gasteiger partial charge in [-0.25, -0.2) is 0 Å². The van der Waals surface area contributed by atoms with Gasteiger partial charge < -0.3 is 10.2 Å². The summed E-state index contributed by atoms with van der Waals surface area (Å²) in [5.41, 5.74) is 2.79. The molecule has 3 rings (SSSR count). The molecule has 0 aliphatic rings. The average molecular weight is 500 g/mol. The minimum Gasteiger partial charge on any atom is -0.357 e. The number of likely N-dealkylation sites (N-methyl/N-ethyl adjacent to an activating group) is 1. The zero-order valence-corrected chi connectivity index (χ0v) is 19.6. The van der Waals surface area contributed by atoms with Gasteiger partial charge >= 0.3 is 0 Å². The van der Waals surface area contributed by atoms with Crippen LogP contribution in [0.2, 0.25) is 5.02 Å². The standard InChI is InChI=1S/C25H24BrClN2O2/c1-28-25(31)23(15-18-6-3-2-4-7-18)29(17-20-8-5-9-21(26)14-20)24(30)16-19-10-12-22(27)13-11-19/h2-14,23H,15-17H2,1H3,(H,28,31). The molecule has 0 bridgehead atoms. The van der Waals surface area contributed by atoms with Crippen LogP contribution in [0, 0.1) is 0 Å². The van der Waals surface area contributed by atoms with Gasteiger partial charge in [0.05, 0.1) is 6.42 Å². The molecule has 3 aromatic rings. The van der Waals surface area contributed by atoms with Gasteiger partial charge in [-0.05, 0) is 41.0 Å². The first kappa shape index (κ1) is 23.0. The first-order valence-electron chi connectivity index (χ1n) is 10.00. The summed E-state index contributed by atoms with van der Waals surface area (Å²) in [5.74, 6) is -0.310. The molecule has 160 valence electrons. The Morgan fingerprint density at radius 1 is 0.935 bits per heavy atom. The van der Waals surface area contributed by atoms with E-state index >= 15 is 0 Å². The van der Waals surface area contributed by atoms with Gasteiger partial charge in [-0.15, -0.1) is 0 Å². The topological polar surface area (TPSA) is 49.4 Å². The maximum absolute atomic E-state index is 13.4. The number of rotatable bonds is 8. The summed E-state index contributed by atoms with van der Waals surface area (Å²) in [4.78, 5) is 28.0. The molecular formula is C25H24BrClN2O2. The molecule has 1 atom stereocenters. The molecule has 3 aromatic carbocycles. The second kappa shape index (κ2) is 11.1. The number of benzene rings is 3. The fraction of sp³-hybridized carbons (Fsp3) is 0.200. The molecule has 0 spiro atoms. The molecule has 31 heavy (non-hydrogen) atoms. The Hall–Kier alpha value is -2.63. The predicted molar refractivity (Wildman–Crippen MR) is 128 cm³/mol. The second-order valence-corrected chi connectivity index (χ2v) is 8.63. The van der Waals surface area contributed by atoms with Gasteiger partial charge in [0.25, 0.3) is 0 Å². The summed E-state index contributed by atoms with van der Waals surface area (Å²) in [6, 6.07) is 24.1. The molecular weight excluding hydrogens is 476 g/mol. The van der Waals surface area contributed by atoms with Crippen LogP contribution in [0.3, 0.4) is 0 Å². The third-order valence-electron chi connectivity index (χ3n) is 5.03. The Balaban J connectivity index is 1.93. The van der Waals surface area contributed by atoms with Gasteiger partial charge in [0.2, 0.25) is 11.8 Å². The molecule has 0 aliphatic carbocycles. The number of carbonyl (C=O) groups excluding carboxylic acids is 2. The van der Waals surface area contributed by atoms with Crippen molar-refractivity contribution in [2.75, 3.05) is 7.05 Å². The van der Waals surface area contributed by atoms with E-state index in [1.165, 1.54) is 0 Å². The fourth-order valence-corrected chi connectivity index (χ4v) is 4.00. The van der Waals surface area contributed by atoms with E-state index in [-0.39, 0.29) is 18.2 Å². The van der Waals surface area contributed by atoms with Crippen molar-refractivity contribution in [3.05, 3.63) is 105 Å². The van der Waals surface area contributed by atoms with Crippen molar-refractivity contribution in [3.8, 4) is 0 Å². The third-order valence-corrected chi connectivity index (χ3v) is 5.77. The van der Waals surface area contributed by atoms with Crippen molar-refractivity contribution in [1.29, 1.82) is 0 Å². The van der Waals surface area contributed by atoms with Gasteiger partial charge in [-0.3, -0.25) is 9.59 Å². The lowest BCUT2D eigenvalue weighted by Crippen LogP contribution is -2.50. The van der Waals surface area contributed by atoms with Crippen LogP contribution >= 0.6 is 27.5 Å². The normalized spacial score (nSPS) is 11.6. The van der Waals surface area contributed by atoms with Crippen LogP contribution in [0.5, 0.6) is 0 Å². The number of hydrogen-bond donors (Lipinski definition) is 1. The molecule has 0 aromatic heterocycles. The third kappa shape index (κ3) is 6.68. The number of nitrogens with zero attached hydrogens (tertiary/aromatic N) is 1. The summed E-state index contributed by atoms with van der Waals surface area (Å²) >= 11 is 9.47. The SMILES string of the molecule is CNC(=O)C(Cc1ccccc1)N(Cc1cccc(Br)c1)C(=O)Cc1ccc(Cl)cc1. The van der Waals surface area contributed by atoms with E-state index in [2.05, 4.69) is 21.2 Å². The van der Waals surface area contributed by atoms with Crippen molar-refractivity contribution in [1.82, 2.24) is 10.2 Å². The highest BCUT2D eigenvalue weighted by Gasteiger charge is 2.29. The zero-order valence-electron chi connectivity index (χ0n) is 17.2. The molecule has 0 saturated heterocycles. The molecule has 6 heteroatoms. The maximum atomic E-state index is 13.4. The Morgan fingerprint density at radius 3 is 2.26 bits per heavy atom. The van der Waals surface area contributed by atoms with Crippen molar-refractivity contribution >= 4 is 39.3 Å². The van der Waals surface area contributed by atoms with E-state index in [1.807, 2.05) is 66.7 Å². The van der Waals surface area contributed by atoms with Gasteiger partial charge in [0, 0.05) is 29.5 Å². The Morgan fingerprint density at radius 2 is 1.61 bits per heavy atom. The number of hydrogen-bond acceptors (Lipinski definition) is 2. The van der Waals surface area contributed by atoms with E-state index in [0.717, 1.165) is 21.2 Å². The lowest BCUT2D eigenvalue weighted by atomic mass is 10.0. The van der Waals surface area contributed by atoms with Gasteiger partial charge in [-0.2, -0.15) is 0 Å². The molecule has 4 nitrogen and oxygen atoms in total. The minimum absolute atomic E-state index is 0.119. The lowest BCUT2D eigenvalue weighted by molar-refractivity contribution is -0.140. The summed E-state index contributed by atoms with van der Waals surface area (Å²) < 4.78 is 0.926. The minimum atomic E-state index is -0.633. The van der Waals surface area contributed by atoms with Gasteiger partial charge in [0.15, 0.2) is 0 Å². The van der Waals surface area contributed by atoms with Crippen LogP contribution in [0.25, 0.3) is 0 Å². The second-order valence-electron chi connectivity index (χ2n) is 7.27. The number of nitrogens with one attached hydrogen (secondary N) is 1. The summed E-state index contributed by atoms with van der Waals surface area (Å²) in [5, 5.41) is 3.35. The maximum Gasteiger partial charge on any atom is 0.242 e. The van der Waals surface area contributed by atoms with E-state index in [9.17, 15) is 9.59 Å². The highest BCUT2D eigenvalue weighted by atomic mass is 79.9. The summed E-state index contributed by atoms with van der Waals surface area (Å²) in [6.07, 6.45) is 0.619. The first-order chi connectivity index (χ1) is 15.0. The van der Waals surface area contributed by atoms with Crippen molar-refractivity contribution in [2.24, 2.45) is 0 Å². The number of amides is 2. The first-order valence-corrected chi connectivity index (χ1v) is 11.2. The Kier molecular flexibility index (Phi) is 8.27. The Bertz CT molecular complexity index is 1030. The van der Waals surface area contributed by atoms with Crippen LogP contribution in [-0.4, -0.2) is 29.8 Å². The zero-order chi connectivity index (χ0) is 22.2. The number of halogens is 2. The van der Waals surface area contributed by atoms with Gasteiger partial charge in [-0.1, -0.05) is 82.1 Å². The molecule has 0 heterocycles. The van der Waals surface area contributed by atoms with Crippen LogP contribution in [0.15, 0.2) is 83.3 Å². The van der Waals surface area contributed by atoms with E-state index < -0.39 is 6.04 Å². The summed E-state index contributed by atoms with van der Waals surface area (Å²) in [7, 11) is 1.60. The fourth-order valence-electron chi connectivity index (χ4n) is 3.43. The molecule has 0 radical (unpaired) electrons. The van der Waals surface area contributed by atoms with Crippen LogP contribution in [-0.2, 0) is 29.0 Å². The summed E-state index contributed by atoms with van der Waals surface area (Å²) in [6.45, 7) is 0.330. The van der Waals surface area contributed by atoms with Crippen molar-refractivity contribution in [2.45, 2.75) is 25.4 Å². The monoisotopic (exact) mass is 498 g/mol. The molecule has 2 amide bonds. The van der Waals surface area contributed by atoms with E-state index in [0.29, 0.717) is 18.0 Å². The van der Waals surface area contributed by atoms with Crippen molar-refractivity contribution < 1.29 is 9.59 Å². The molecule has 1 N–H and O–H groups in total. The molecule has 0 fully saturated rings. The quantitative estimate of drug-likeness (QED) is 0.472. The van der Waals surface area contributed by atoms with Gasteiger partial charge in [0.1, 0.15) is 6.04 Å². The molecule has 1 unspecified atom stereocenters. The van der Waals surface area contributed by atoms with E-state index in [1.54, 1.807) is 24.1 Å².